The first-order valence-electron chi connectivity index (χ1n) is 8.25. The molecule has 0 radical (unpaired) electrons. The quantitative estimate of drug-likeness (QED) is 0.509. The van der Waals surface area contributed by atoms with Gasteiger partial charge in [0.15, 0.2) is 11.6 Å². The van der Waals surface area contributed by atoms with Gasteiger partial charge in [0, 0.05) is 23.0 Å². The van der Waals surface area contributed by atoms with Crippen molar-refractivity contribution in [3.8, 4) is 0 Å². The van der Waals surface area contributed by atoms with Gasteiger partial charge in [-0.25, -0.2) is 9.97 Å². The largest absolute Gasteiger partial charge is 0.393 e. The van der Waals surface area contributed by atoms with Crippen molar-refractivity contribution >= 4 is 39.6 Å². The van der Waals surface area contributed by atoms with E-state index in [-0.39, 0.29) is 0 Å². The number of hydrogen-bond acceptors (Lipinski definition) is 6. The molecule has 2 aromatic heterocycles. The number of nitrogen functional groups attached to an aromatic ring is 1. The molecule has 4 rings (SSSR count). The third kappa shape index (κ3) is 3.12. The Bertz CT molecular complexity index is 1070. The summed E-state index contributed by atoms with van der Waals surface area (Å²) in [6.45, 7) is 2.04. The lowest BCUT2D eigenvalue weighted by Crippen LogP contribution is -2.05. The second-order valence-electron chi connectivity index (χ2n) is 5.98. The number of nitrogens with zero attached hydrogens (tertiary/aromatic N) is 3. The number of hydrogen-bond donors (Lipinski definition) is 3. The Morgan fingerprint density at radius 2 is 1.65 bits per heavy atom. The number of fused-ring (bicyclic) bond motifs is 1. The number of aromatic nitrogens is 3. The maximum atomic E-state index is 6.30. The second-order valence-corrected chi connectivity index (χ2v) is 5.98. The molecule has 0 unspecified atom stereocenters. The summed E-state index contributed by atoms with van der Waals surface area (Å²) in [5.74, 6) is 1.11. The van der Waals surface area contributed by atoms with Crippen molar-refractivity contribution in [3.63, 3.8) is 0 Å². The monoisotopic (exact) mass is 342 g/mol. The molecule has 6 heteroatoms. The second kappa shape index (κ2) is 6.68. The number of nitrogens with one attached hydrogen (secondary N) is 2. The summed E-state index contributed by atoms with van der Waals surface area (Å²) < 4.78 is 0. The molecular weight excluding hydrogens is 324 g/mol. The third-order valence-corrected chi connectivity index (χ3v) is 4.06. The standard InChI is InChI=1S/C20H18N6/c1-13-5-2-6-14(11-13)25-19-18(21)20(24-12-23-19)26-17-9-3-8-16-15(17)7-4-10-22-16/h2-12H,21H2,1H3,(H2,23,24,25,26). The van der Waals surface area contributed by atoms with E-state index in [0.29, 0.717) is 17.3 Å². The minimum Gasteiger partial charge on any atom is -0.393 e. The zero-order chi connectivity index (χ0) is 17.9. The highest BCUT2D eigenvalue weighted by molar-refractivity contribution is 5.94. The van der Waals surface area contributed by atoms with E-state index in [1.54, 1.807) is 6.20 Å². The van der Waals surface area contributed by atoms with Gasteiger partial charge in [-0.2, -0.15) is 0 Å². The smallest absolute Gasteiger partial charge is 0.159 e. The molecule has 0 spiro atoms. The van der Waals surface area contributed by atoms with Crippen LogP contribution in [0.2, 0.25) is 0 Å². The first-order valence-corrected chi connectivity index (χ1v) is 8.25. The van der Waals surface area contributed by atoms with Crippen molar-refractivity contribution in [1.82, 2.24) is 15.0 Å². The fraction of sp³-hybridized carbons (Fsp3) is 0.0500. The SMILES string of the molecule is Cc1cccc(Nc2ncnc(Nc3cccc4ncccc34)c2N)c1. The molecule has 0 aliphatic rings. The van der Waals surface area contributed by atoms with E-state index in [1.165, 1.54) is 6.33 Å². The molecule has 0 atom stereocenters. The predicted octanol–water partition coefficient (Wildman–Crippen LogP) is 4.40. The van der Waals surface area contributed by atoms with E-state index in [4.69, 9.17) is 5.73 Å². The highest BCUT2D eigenvalue weighted by Crippen LogP contribution is 2.30. The van der Waals surface area contributed by atoms with Crippen LogP contribution >= 0.6 is 0 Å². The zero-order valence-corrected chi connectivity index (χ0v) is 14.3. The van der Waals surface area contributed by atoms with Gasteiger partial charge >= 0.3 is 0 Å². The molecule has 0 aliphatic heterocycles. The summed E-state index contributed by atoms with van der Waals surface area (Å²) in [5, 5.41) is 7.55. The van der Waals surface area contributed by atoms with Crippen molar-refractivity contribution in [2.45, 2.75) is 6.92 Å². The zero-order valence-electron chi connectivity index (χ0n) is 14.3. The van der Waals surface area contributed by atoms with Crippen LogP contribution in [0.1, 0.15) is 5.56 Å². The lowest BCUT2D eigenvalue weighted by molar-refractivity contribution is 1.17. The Morgan fingerprint density at radius 3 is 2.50 bits per heavy atom. The summed E-state index contributed by atoms with van der Waals surface area (Å²) in [4.78, 5) is 12.9. The summed E-state index contributed by atoms with van der Waals surface area (Å²) in [6, 6.07) is 17.8. The first kappa shape index (κ1) is 15.8. The summed E-state index contributed by atoms with van der Waals surface area (Å²) in [6.07, 6.45) is 3.26. The number of aryl methyl sites for hydroxylation is 1. The number of benzene rings is 2. The minimum atomic E-state index is 0.454. The molecule has 4 aromatic rings. The van der Waals surface area contributed by atoms with Gasteiger partial charge in [0.2, 0.25) is 0 Å². The summed E-state index contributed by atoms with van der Waals surface area (Å²) in [5.41, 5.74) is 10.6. The molecule has 128 valence electrons. The molecule has 0 aliphatic carbocycles. The van der Waals surface area contributed by atoms with Crippen LogP contribution in [0, 0.1) is 6.92 Å². The van der Waals surface area contributed by atoms with Crippen molar-refractivity contribution < 1.29 is 0 Å². The molecule has 4 N–H and O–H groups in total. The van der Waals surface area contributed by atoms with Crippen LogP contribution in [0.4, 0.5) is 28.7 Å². The molecule has 6 nitrogen and oxygen atoms in total. The first-order chi connectivity index (χ1) is 12.7. The maximum Gasteiger partial charge on any atom is 0.159 e. The van der Waals surface area contributed by atoms with Gasteiger partial charge in [0.25, 0.3) is 0 Å². The van der Waals surface area contributed by atoms with Gasteiger partial charge in [-0.05, 0) is 48.9 Å². The average molecular weight is 342 g/mol. The van der Waals surface area contributed by atoms with E-state index in [0.717, 1.165) is 27.8 Å². The minimum absolute atomic E-state index is 0.454. The molecule has 0 saturated heterocycles. The fourth-order valence-corrected chi connectivity index (χ4v) is 2.79. The van der Waals surface area contributed by atoms with Crippen LogP contribution in [0.3, 0.4) is 0 Å². The molecule has 2 heterocycles. The molecule has 0 bridgehead atoms. The molecule has 0 fully saturated rings. The van der Waals surface area contributed by atoms with E-state index in [1.807, 2.05) is 61.5 Å². The van der Waals surface area contributed by atoms with Crippen LogP contribution < -0.4 is 16.4 Å². The normalized spacial score (nSPS) is 10.7. The lowest BCUT2D eigenvalue weighted by Gasteiger charge is -2.14. The Hall–Kier alpha value is -3.67. The Balaban J connectivity index is 1.67. The van der Waals surface area contributed by atoms with Gasteiger partial charge < -0.3 is 16.4 Å². The van der Waals surface area contributed by atoms with Crippen molar-refractivity contribution in [3.05, 3.63) is 72.7 Å². The van der Waals surface area contributed by atoms with Crippen LogP contribution in [0.5, 0.6) is 0 Å². The molecule has 26 heavy (non-hydrogen) atoms. The van der Waals surface area contributed by atoms with Crippen molar-refractivity contribution in [1.29, 1.82) is 0 Å². The summed E-state index contributed by atoms with van der Waals surface area (Å²) in [7, 11) is 0. The molecular formula is C20H18N6. The molecule has 0 amide bonds. The van der Waals surface area contributed by atoms with Crippen LogP contribution in [-0.4, -0.2) is 15.0 Å². The van der Waals surface area contributed by atoms with Crippen molar-refractivity contribution in [2.75, 3.05) is 16.4 Å². The molecule has 0 saturated carbocycles. The van der Waals surface area contributed by atoms with E-state index in [9.17, 15) is 0 Å². The Kier molecular flexibility index (Phi) is 4.07. The average Bonchev–Trinajstić information content (AvgIpc) is 2.65. The van der Waals surface area contributed by atoms with Crippen LogP contribution in [0.25, 0.3) is 10.9 Å². The van der Waals surface area contributed by atoms with Gasteiger partial charge in [-0.15, -0.1) is 0 Å². The topological polar surface area (TPSA) is 88.8 Å². The van der Waals surface area contributed by atoms with E-state index < -0.39 is 0 Å². The van der Waals surface area contributed by atoms with Gasteiger partial charge in [-0.3, -0.25) is 4.98 Å². The Labute approximate surface area is 151 Å². The number of pyridine rings is 1. The highest BCUT2D eigenvalue weighted by atomic mass is 15.1. The lowest BCUT2D eigenvalue weighted by atomic mass is 10.2. The van der Waals surface area contributed by atoms with Gasteiger partial charge in [0.1, 0.15) is 12.0 Å². The van der Waals surface area contributed by atoms with E-state index >= 15 is 0 Å². The van der Waals surface area contributed by atoms with Crippen molar-refractivity contribution in [2.24, 2.45) is 0 Å². The molecule has 2 aromatic carbocycles. The number of nitrogens with two attached hydrogens (primary N) is 1. The van der Waals surface area contributed by atoms with E-state index in [2.05, 4.69) is 25.6 Å². The highest BCUT2D eigenvalue weighted by Gasteiger charge is 2.10. The van der Waals surface area contributed by atoms with Gasteiger partial charge in [-0.1, -0.05) is 18.2 Å². The van der Waals surface area contributed by atoms with Crippen LogP contribution in [-0.2, 0) is 0 Å². The fourth-order valence-electron chi connectivity index (χ4n) is 2.79. The number of anilines is 5. The Morgan fingerprint density at radius 1 is 0.846 bits per heavy atom. The van der Waals surface area contributed by atoms with Gasteiger partial charge in [0.05, 0.1) is 5.52 Å². The number of rotatable bonds is 4. The maximum absolute atomic E-state index is 6.30. The predicted molar refractivity (Wildman–Crippen MR) is 106 cm³/mol. The summed E-state index contributed by atoms with van der Waals surface area (Å²) >= 11 is 0. The van der Waals surface area contributed by atoms with Crippen LogP contribution in [0.15, 0.2) is 67.1 Å². The third-order valence-electron chi connectivity index (χ3n) is 4.06.